The average molecular weight is 228 g/mol. The van der Waals surface area contributed by atoms with E-state index in [-0.39, 0.29) is 18.1 Å². The van der Waals surface area contributed by atoms with E-state index in [2.05, 4.69) is 20.2 Å². The first-order valence-electron chi connectivity index (χ1n) is 4.63. The molecule has 15 heavy (non-hydrogen) atoms. The number of methoxy groups -OCH3 is 1. The number of hydrogen-bond acceptors (Lipinski definition) is 6. The van der Waals surface area contributed by atoms with E-state index in [1.807, 2.05) is 0 Å². The summed E-state index contributed by atoms with van der Waals surface area (Å²) in [6.45, 7) is 1.50. The molecule has 2 N–H and O–H groups in total. The minimum atomic E-state index is -0.138. The molecule has 1 aliphatic heterocycles. The molecule has 1 fully saturated rings. The van der Waals surface area contributed by atoms with Crippen molar-refractivity contribution in [2.24, 2.45) is 0 Å². The van der Waals surface area contributed by atoms with E-state index in [9.17, 15) is 4.79 Å². The fourth-order valence-electron chi connectivity index (χ4n) is 1.55. The molecule has 1 aromatic heterocycles. The number of carbonyl (C=O) groups is 1. The van der Waals surface area contributed by atoms with Crippen LogP contribution in [0.15, 0.2) is 6.20 Å². The van der Waals surface area contributed by atoms with Gasteiger partial charge in [0, 0.05) is 20.2 Å². The number of ether oxygens (including phenoxy) is 1. The largest absolute Gasteiger partial charge is 0.378 e. The topological polar surface area (TPSA) is 76.1 Å². The molecule has 0 aliphatic carbocycles. The molecular weight excluding hydrogens is 216 g/mol. The minimum absolute atomic E-state index is 0.0181. The number of hydrogen-bond donors (Lipinski definition) is 2. The van der Waals surface area contributed by atoms with Gasteiger partial charge in [-0.3, -0.25) is 4.79 Å². The summed E-state index contributed by atoms with van der Waals surface area (Å²) in [5, 5.41) is 9.66. The Morgan fingerprint density at radius 1 is 1.73 bits per heavy atom. The van der Waals surface area contributed by atoms with E-state index >= 15 is 0 Å². The number of nitrogens with one attached hydrogen (secondary N) is 2. The SMILES string of the molecule is CO[C@H]1CNCC1NC(=O)c1cnns1. The van der Waals surface area contributed by atoms with Crippen LogP contribution in [0, 0.1) is 0 Å². The average Bonchev–Trinajstić information content (AvgIpc) is 2.87. The minimum Gasteiger partial charge on any atom is -0.378 e. The van der Waals surface area contributed by atoms with Gasteiger partial charge in [0.1, 0.15) is 4.88 Å². The van der Waals surface area contributed by atoms with Crippen molar-refractivity contribution < 1.29 is 9.53 Å². The van der Waals surface area contributed by atoms with Crippen LogP contribution in [0.4, 0.5) is 0 Å². The Hall–Kier alpha value is -1.05. The zero-order valence-electron chi connectivity index (χ0n) is 8.27. The van der Waals surface area contributed by atoms with Gasteiger partial charge in [-0.05, 0) is 11.5 Å². The van der Waals surface area contributed by atoms with E-state index in [4.69, 9.17) is 4.74 Å². The zero-order chi connectivity index (χ0) is 10.7. The van der Waals surface area contributed by atoms with Crippen LogP contribution in [0.1, 0.15) is 9.67 Å². The van der Waals surface area contributed by atoms with Gasteiger partial charge in [0.25, 0.3) is 5.91 Å². The first-order chi connectivity index (χ1) is 7.31. The highest BCUT2D eigenvalue weighted by Crippen LogP contribution is 2.07. The van der Waals surface area contributed by atoms with Crippen LogP contribution in [-0.2, 0) is 4.74 Å². The van der Waals surface area contributed by atoms with Crippen LogP contribution >= 0.6 is 11.5 Å². The molecule has 1 aliphatic rings. The Balaban J connectivity index is 1.94. The van der Waals surface area contributed by atoms with Gasteiger partial charge in [-0.1, -0.05) is 4.49 Å². The van der Waals surface area contributed by atoms with E-state index in [0.717, 1.165) is 24.6 Å². The van der Waals surface area contributed by atoms with Crippen LogP contribution in [0.3, 0.4) is 0 Å². The van der Waals surface area contributed by atoms with Crippen molar-refractivity contribution in [1.29, 1.82) is 0 Å². The van der Waals surface area contributed by atoms with E-state index < -0.39 is 0 Å². The van der Waals surface area contributed by atoms with E-state index in [1.54, 1.807) is 7.11 Å². The Labute approximate surface area is 91.2 Å². The van der Waals surface area contributed by atoms with Gasteiger partial charge in [0.2, 0.25) is 0 Å². The highest BCUT2D eigenvalue weighted by molar-refractivity contribution is 7.07. The lowest BCUT2D eigenvalue weighted by molar-refractivity contribution is 0.0782. The zero-order valence-corrected chi connectivity index (χ0v) is 9.08. The summed E-state index contributed by atoms with van der Waals surface area (Å²) in [7, 11) is 1.64. The van der Waals surface area contributed by atoms with Crippen molar-refractivity contribution in [3.05, 3.63) is 11.1 Å². The summed E-state index contributed by atoms with van der Waals surface area (Å²) in [6.07, 6.45) is 1.50. The highest BCUT2D eigenvalue weighted by atomic mass is 32.1. The van der Waals surface area contributed by atoms with E-state index in [1.165, 1.54) is 6.20 Å². The van der Waals surface area contributed by atoms with Gasteiger partial charge in [-0.25, -0.2) is 0 Å². The lowest BCUT2D eigenvalue weighted by atomic mass is 10.2. The first-order valence-corrected chi connectivity index (χ1v) is 5.40. The molecule has 0 radical (unpaired) electrons. The molecule has 82 valence electrons. The van der Waals surface area contributed by atoms with Crippen LogP contribution < -0.4 is 10.6 Å². The standard InChI is InChI=1S/C8H12N4O2S/c1-14-6-3-9-2-5(6)11-8(13)7-4-10-12-15-7/h4-6,9H,2-3H2,1H3,(H,11,13)/t5?,6-/m0/s1. The molecule has 2 atom stereocenters. The number of nitrogens with zero attached hydrogens (tertiary/aromatic N) is 2. The van der Waals surface area contributed by atoms with Crippen molar-refractivity contribution in [3.8, 4) is 0 Å². The van der Waals surface area contributed by atoms with Gasteiger partial charge in [-0.15, -0.1) is 5.10 Å². The maximum absolute atomic E-state index is 11.7. The van der Waals surface area contributed by atoms with Crippen molar-refractivity contribution in [3.63, 3.8) is 0 Å². The molecular formula is C8H12N4O2S. The molecule has 7 heteroatoms. The van der Waals surface area contributed by atoms with Crippen LogP contribution in [-0.4, -0.2) is 47.8 Å². The molecule has 0 aromatic carbocycles. The molecule has 2 rings (SSSR count). The summed E-state index contributed by atoms with van der Waals surface area (Å²) >= 11 is 1.09. The summed E-state index contributed by atoms with van der Waals surface area (Å²) in [5.41, 5.74) is 0. The van der Waals surface area contributed by atoms with Crippen LogP contribution in [0.5, 0.6) is 0 Å². The molecule has 0 saturated carbocycles. The van der Waals surface area contributed by atoms with Crippen molar-refractivity contribution in [2.75, 3.05) is 20.2 Å². The Kier molecular flexibility index (Phi) is 3.24. The number of carbonyl (C=O) groups excluding carboxylic acids is 1. The third kappa shape index (κ3) is 2.31. The van der Waals surface area contributed by atoms with Gasteiger partial charge in [0.05, 0.1) is 18.3 Å². The number of aromatic nitrogens is 2. The summed E-state index contributed by atoms with van der Waals surface area (Å²) in [6, 6.07) is 0.0181. The normalized spacial score (nSPS) is 25.4. The van der Waals surface area contributed by atoms with Crippen LogP contribution in [0.25, 0.3) is 0 Å². The fraction of sp³-hybridized carbons (Fsp3) is 0.625. The van der Waals surface area contributed by atoms with Crippen LogP contribution in [0.2, 0.25) is 0 Å². The Morgan fingerprint density at radius 3 is 3.27 bits per heavy atom. The Morgan fingerprint density at radius 2 is 2.60 bits per heavy atom. The van der Waals surface area contributed by atoms with Gasteiger partial charge in [-0.2, -0.15) is 0 Å². The monoisotopic (exact) mass is 228 g/mol. The lowest BCUT2D eigenvalue weighted by Crippen LogP contribution is -2.43. The third-order valence-electron chi connectivity index (χ3n) is 2.36. The molecule has 1 unspecified atom stereocenters. The van der Waals surface area contributed by atoms with Crippen molar-refractivity contribution in [1.82, 2.24) is 20.2 Å². The second kappa shape index (κ2) is 4.65. The fourth-order valence-corrected chi connectivity index (χ4v) is 1.97. The third-order valence-corrected chi connectivity index (χ3v) is 3.03. The molecule has 1 amide bonds. The lowest BCUT2D eigenvalue weighted by Gasteiger charge is -2.17. The van der Waals surface area contributed by atoms with E-state index in [0.29, 0.717) is 4.88 Å². The highest BCUT2D eigenvalue weighted by Gasteiger charge is 2.28. The molecule has 0 bridgehead atoms. The van der Waals surface area contributed by atoms with Gasteiger partial charge in [0.15, 0.2) is 0 Å². The molecule has 2 heterocycles. The van der Waals surface area contributed by atoms with Gasteiger partial charge < -0.3 is 15.4 Å². The number of amides is 1. The molecule has 1 saturated heterocycles. The smallest absolute Gasteiger partial charge is 0.265 e. The first kappa shape index (κ1) is 10.5. The second-order valence-corrected chi connectivity index (χ2v) is 4.08. The Bertz CT molecular complexity index is 329. The molecule has 1 aromatic rings. The summed E-state index contributed by atoms with van der Waals surface area (Å²) in [5.74, 6) is -0.138. The maximum atomic E-state index is 11.7. The predicted octanol–water partition coefficient (Wildman–Crippen LogP) is -0.745. The van der Waals surface area contributed by atoms with Crippen molar-refractivity contribution in [2.45, 2.75) is 12.1 Å². The molecule has 0 spiro atoms. The van der Waals surface area contributed by atoms with Gasteiger partial charge >= 0.3 is 0 Å². The number of rotatable bonds is 3. The maximum Gasteiger partial charge on any atom is 0.265 e. The predicted molar refractivity (Wildman–Crippen MR) is 54.8 cm³/mol. The second-order valence-electron chi connectivity index (χ2n) is 3.29. The summed E-state index contributed by atoms with van der Waals surface area (Å²) in [4.78, 5) is 12.2. The summed E-state index contributed by atoms with van der Waals surface area (Å²) < 4.78 is 8.88. The quantitative estimate of drug-likeness (QED) is 0.712. The van der Waals surface area contributed by atoms with Crippen molar-refractivity contribution >= 4 is 17.4 Å². The molecule has 6 nitrogen and oxygen atoms in total.